The molecule has 0 bridgehead atoms. The number of rotatable bonds is 0. The van der Waals surface area contributed by atoms with Crippen LogP contribution in [0.25, 0.3) is 0 Å². The summed E-state index contributed by atoms with van der Waals surface area (Å²) in [7, 11) is 0. The van der Waals surface area contributed by atoms with Crippen molar-refractivity contribution in [1.29, 1.82) is 0 Å². The van der Waals surface area contributed by atoms with Gasteiger partial charge < -0.3 is 5.32 Å². The topological polar surface area (TPSA) is 12.0 Å². The van der Waals surface area contributed by atoms with Crippen LogP contribution in [0.1, 0.15) is 35.2 Å². The second-order valence-electron chi connectivity index (χ2n) is 3.80. The monoisotopic (exact) mass is 239 g/mol. The lowest BCUT2D eigenvalue weighted by atomic mass is 9.98. The Morgan fingerprint density at radius 3 is 2.85 bits per heavy atom. The number of aryl methyl sites for hydroxylation is 1. The van der Waals surface area contributed by atoms with Crippen molar-refractivity contribution in [3.8, 4) is 0 Å². The van der Waals surface area contributed by atoms with Crippen molar-refractivity contribution < 1.29 is 0 Å². The van der Waals surface area contributed by atoms with Crippen molar-refractivity contribution in [2.24, 2.45) is 0 Å². The standard InChI is InChI=1S/C11H14BrN/c1-6-4-9-8(3)13-5-10(9)7(2)11(6)12/h4,8,13H,5H2,1-3H3. The first kappa shape index (κ1) is 9.22. The first-order valence-corrected chi connectivity index (χ1v) is 5.42. The third-order valence-electron chi connectivity index (χ3n) is 2.90. The number of hydrogen-bond acceptors (Lipinski definition) is 1. The van der Waals surface area contributed by atoms with E-state index in [9.17, 15) is 0 Å². The third-order valence-corrected chi connectivity index (χ3v) is 4.12. The molecule has 13 heavy (non-hydrogen) atoms. The van der Waals surface area contributed by atoms with Crippen molar-refractivity contribution in [2.45, 2.75) is 33.4 Å². The highest BCUT2D eigenvalue weighted by molar-refractivity contribution is 9.10. The van der Waals surface area contributed by atoms with Gasteiger partial charge in [0.2, 0.25) is 0 Å². The molecule has 2 heteroatoms. The Hall–Kier alpha value is -0.340. The van der Waals surface area contributed by atoms with Gasteiger partial charge in [0, 0.05) is 17.1 Å². The molecule has 1 unspecified atom stereocenters. The summed E-state index contributed by atoms with van der Waals surface area (Å²) >= 11 is 3.62. The fourth-order valence-electron chi connectivity index (χ4n) is 2.01. The molecular weight excluding hydrogens is 226 g/mol. The quantitative estimate of drug-likeness (QED) is 0.734. The van der Waals surface area contributed by atoms with E-state index in [4.69, 9.17) is 0 Å². The van der Waals surface area contributed by atoms with E-state index in [1.807, 2.05) is 0 Å². The third kappa shape index (κ3) is 1.32. The van der Waals surface area contributed by atoms with Crippen LogP contribution in [0, 0.1) is 13.8 Å². The van der Waals surface area contributed by atoms with Gasteiger partial charge in [0.1, 0.15) is 0 Å². The lowest BCUT2D eigenvalue weighted by Crippen LogP contribution is -2.07. The molecule has 0 aliphatic carbocycles. The number of fused-ring (bicyclic) bond motifs is 1. The minimum Gasteiger partial charge on any atom is -0.306 e. The molecule has 0 radical (unpaired) electrons. The Morgan fingerprint density at radius 2 is 2.15 bits per heavy atom. The first-order chi connectivity index (χ1) is 6.11. The first-order valence-electron chi connectivity index (χ1n) is 4.63. The molecular formula is C11H14BrN. The van der Waals surface area contributed by atoms with Gasteiger partial charge >= 0.3 is 0 Å². The van der Waals surface area contributed by atoms with Gasteiger partial charge in [-0.25, -0.2) is 0 Å². The molecule has 0 saturated carbocycles. The minimum absolute atomic E-state index is 0.514. The van der Waals surface area contributed by atoms with E-state index in [-0.39, 0.29) is 0 Å². The summed E-state index contributed by atoms with van der Waals surface area (Å²) in [6.45, 7) is 7.58. The molecule has 0 saturated heterocycles. The predicted molar refractivity (Wildman–Crippen MR) is 58.9 cm³/mol. The molecule has 1 aromatic rings. The maximum absolute atomic E-state index is 3.62. The summed E-state index contributed by atoms with van der Waals surface area (Å²) in [5, 5.41) is 3.46. The molecule has 2 rings (SSSR count). The highest BCUT2D eigenvalue weighted by Crippen LogP contribution is 2.33. The van der Waals surface area contributed by atoms with Gasteiger partial charge in [-0.05, 0) is 43.0 Å². The number of halogens is 1. The molecule has 0 amide bonds. The molecule has 1 N–H and O–H groups in total. The summed E-state index contributed by atoms with van der Waals surface area (Å²) in [6, 6.07) is 2.80. The molecule has 1 aliphatic heterocycles. The van der Waals surface area contributed by atoms with Gasteiger partial charge in [-0.2, -0.15) is 0 Å². The molecule has 1 nitrogen and oxygen atoms in total. The van der Waals surface area contributed by atoms with Crippen LogP contribution in [0.5, 0.6) is 0 Å². The lowest BCUT2D eigenvalue weighted by molar-refractivity contribution is 0.633. The van der Waals surface area contributed by atoms with Crippen molar-refractivity contribution in [3.05, 3.63) is 32.8 Å². The van der Waals surface area contributed by atoms with Gasteiger partial charge in [0.15, 0.2) is 0 Å². The maximum atomic E-state index is 3.62. The van der Waals surface area contributed by atoms with Crippen LogP contribution < -0.4 is 5.32 Å². The van der Waals surface area contributed by atoms with Crippen LogP contribution in [-0.4, -0.2) is 0 Å². The average Bonchev–Trinajstić information content (AvgIpc) is 2.45. The Morgan fingerprint density at radius 1 is 1.46 bits per heavy atom. The number of nitrogens with one attached hydrogen (secondary N) is 1. The van der Waals surface area contributed by atoms with Gasteiger partial charge in [0.05, 0.1) is 0 Å². The SMILES string of the molecule is Cc1cc2c(c(C)c1Br)CNC2C. The Bertz CT molecular complexity index is 358. The summed E-state index contributed by atoms with van der Waals surface area (Å²) < 4.78 is 1.27. The highest BCUT2D eigenvalue weighted by Gasteiger charge is 2.21. The smallest absolute Gasteiger partial charge is 0.0298 e. The zero-order valence-electron chi connectivity index (χ0n) is 8.24. The fourth-order valence-corrected chi connectivity index (χ4v) is 2.37. The van der Waals surface area contributed by atoms with E-state index >= 15 is 0 Å². The van der Waals surface area contributed by atoms with Gasteiger partial charge in [0.25, 0.3) is 0 Å². The molecule has 1 aromatic carbocycles. The zero-order chi connectivity index (χ0) is 9.59. The molecule has 70 valence electrons. The minimum atomic E-state index is 0.514. The highest BCUT2D eigenvalue weighted by atomic mass is 79.9. The van der Waals surface area contributed by atoms with Crippen LogP contribution in [0.3, 0.4) is 0 Å². The van der Waals surface area contributed by atoms with Crippen molar-refractivity contribution >= 4 is 15.9 Å². The van der Waals surface area contributed by atoms with E-state index < -0.39 is 0 Å². The van der Waals surface area contributed by atoms with E-state index in [0.29, 0.717) is 6.04 Å². The van der Waals surface area contributed by atoms with Crippen LogP contribution >= 0.6 is 15.9 Å². The van der Waals surface area contributed by atoms with E-state index in [2.05, 4.69) is 48.1 Å². The summed E-state index contributed by atoms with van der Waals surface area (Å²) in [5.41, 5.74) is 5.68. The van der Waals surface area contributed by atoms with Crippen LogP contribution in [0.15, 0.2) is 10.5 Å². The maximum Gasteiger partial charge on any atom is 0.0298 e. The second-order valence-corrected chi connectivity index (χ2v) is 4.60. The van der Waals surface area contributed by atoms with Crippen molar-refractivity contribution in [1.82, 2.24) is 5.32 Å². The predicted octanol–water partition coefficient (Wildman–Crippen LogP) is 3.23. The van der Waals surface area contributed by atoms with E-state index in [0.717, 1.165) is 6.54 Å². The van der Waals surface area contributed by atoms with Crippen molar-refractivity contribution in [2.75, 3.05) is 0 Å². The van der Waals surface area contributed by atoms with Gasteiger partial charge in [-0.15, -0.1) is 0 Å². The lowest BCUT2D eigenvalue weighted by Gasteiger charge is -2.10. The summed E-state index contributed by atoms with van der Waals surface area (Å²) in [4.78, 5) is 0. The van der Waals surface area contributed by atoms with E-state index in [1.165, 1.54) is 26.7 Å². The summed E-state index contributed by atoms with van der Waals surface area (Å²) in [5.74, 6) is 0. The van der Waals surface area contributed by atoms with Crippen molar-refractivity contribution in [3.63, 3.8) is 0 Å². The molecule has 0 fully saturated rings. The fraction of sp³-hybridized carbons (Fsp3) is 0.455. The largest absolute Gasteiger partial charge is 0.306 e. The molecule has 1 atom stereocenters. The van der Waals surface area contributed by atoms with Crippen LogP contribution in [0.2, 0.25) is 0 Å². The Labute approximate surface area is 87.7 Å². The average molecular weight is 240 g/mol. The zero-order valence-corrected chi connectivity index (χ0v) is 9.83. The number of hydrogen-bond donors (Lipinski definition) is 1. The molecule has 1 heterocycles. The normalized spacial score (nSPS) is 20.5. The van der Waals surface area contributed by atoms with Gasteiger partial charge in [-0.3, -0.25) is 0 Å². The Balaban J connectivity index is 2.67. The number of benzene rings is 1. The van der Waals surface area contributed by atoms with Gasteiger partial charge in [-0.1, -0.05) is 22.0 Å². The molecule has 1 aliphatic rings. The molecule has 0 spiro atoms. The second kappa shape index (κ2) is 3.10. The van der Waals surface area contributed by atoms with Crippen LogP contribution in [0.4, 0.5) is 0 Å². The molecule has 0 aromatic heterocycles. The van der Waals surface area contributed by atoms with E-state index in [1.54, 1.807) is 0 Å². The summed E-state index contributed by atoms with van der Waals surface area (Å²) in [6.07, 6.45) is 0. The Kier molecular flexibility index (Phi) is 2.20. The van der Waals surface area contributed by atoms with Crippen LogP contribution in [-0.2, 0) is 6.54 Å².